The van der Waals surface area contributed by atoms with Crippen molar-refractivity contribution in [2.24, 2.45) is 0 Å². The zero-order chi connectivity index (χ0) is 17.6. The molecule has 0 radical (unpaired) electrons. The van der Waals surface area contributed by atoms with Crippen LogP contribution in [-0.2, 0) is 21.2 Å². The van der Waals surface area contributed by atoms with Crippen LogP contribution in [0.3, 0.4) is 0 Å². The van der Waals surface area contributed by atoms with Gasteiger partial charge in [0, 0.05) is 24.5 Å². The highest BCUT2D eigenvalue weighted by Crippen LogP contribution is 2.27. The maximum atomic E-state index is 12.6. The molecule has 0 atom stereocenters. The fourth-order valence-electron chi connectivity index (χ4n) is 2.67. The highest BCUT2D eigenvalue weighted by atomic mass is 32.2. The minimum absolute atomic E-state index is 0.0578. The van der Waals surface area contributed by atoms with Crippen LogP contribution >= 0.6 is 11.3 Å². The van der Waals surface area contributed by atoms with Gasteiger partial charge < -0.3 is 10.2 Å². The Kier molecular flexibility index (Phi) is 7.21. The fourth-order valence-corrected chi connectivity index (χ4v) is 5.69. The number of sulfonamides is 1. The molecule has 2 heterocycles. The first-order valence-corrected chi connectivity index (χ1v) is 10.7. The molecule has 1 N–H and O–H groups in total. The number of piperidine rings is 1. The molecule has 0 saturated carbocycles. The van der Waals surface area contributed by atoms with Crippen molar-refractivity contribution in [2.45, 2.75) is 36.3 Å². The third kappa shape index (κ3) is 5.54. The Bertz CT molecular complexity index is 635. The van der Waals surface area contributed by atoms with Gasteiger partial charge in [0.15, 0.2) is 0 Å². The number of hydrogen-bond donors (Lipinski definition) is 1. The summed E-state index contributed by atoms with van der Waals surface area (Å²) in [7, 11) is 0.603. The Balaban J connectivity index is 1.87. The van der Waals surface area contributed by atoms with Crippen molar-refractivity contribution in [3.8, 4) is 0 Å². The molecule has 2 rings (SSSR count). The topological polar surface area (TPSA) is 69.7 Å². The molecule has 0 unspecified atom stereocenters. The van der Waals surface area contributed by atoms with Crippen molar-refractivity contribution in [1.29, 1.82) is 0 Å². The molecule has 1 aliphatic heterocycles. The predicted octanol–water partition coefficient (Wildman–Crippen LogP) is 1.53. The molecule has 1 aromatic heterocycles. The second-order valence-electron chi connectivity index (χ2n) is 6.37. The quantitative estimate of drug-likeness (QED) is 0.702. The number of carbonyl (C=O) groups is 1. The molecule has 1 aliphatic rings. The number of hydrogen-bond acceptors (Lipinski definition) is 5. The zero-order valence-corrected chi connectivity index (χ0v) is 16.1. The normalized spacial score (nSPS) is 16.5. The van der Waals surface area contributed by atoms with Crippen LogP contribution < -0.4 is 5.32 Å². The summed E-state index contributed by atoms with van der Waals surface area (Å²) in [4.78, 5) is 14.8. The van der Waals surface area contributed by atoms with Crippen molar-refractivity contribution >= 4 is 27.3 Å². The second-order valence-corrected chi connectivity index (χ2v) is 9.70. The van der Waals surface area contributed by atoms with E-state index in [1.54, 1.807) is 16.4 Å². The Hall–Kier alpha value is -0.960. The molecule has 6 nitrogen and oxygen atoms in total. The van der Waals surface area contributed by atoms with Gasteiger partial charge in [-0.1, -0.05) is 6.42 Å². The van der Waals surface area contributed by atoms with Gasteiger partial charge in [0.1, 0.15) is 4.21 Å². The Morgan fingerprint density at radius 1 is 1.25 bits per heavy atom. The van der Waals surface area contributed by atoms with E-state index in [0.717, 1.165) is 37.1 Å². The number of nitrogens with one attached hydrogen (secondary N) is 1. The summed E-state index contributed by atoms with van der Waals surface area (Å²) in [6.45, 7) is 2.77. The standard InChI is InChI=1S/C16H27N3O3S2/c1-18(2)10-6-9-17-15(20)13-14-7-8-16(23-14)24(21,22)19-11-4-3-5-12-19/h7-8H,3-6,9-13H2,1-2H3,(H,17,20). The summed E-state index contributed by atoms with van der Waals surface area (Å²) in [5.74, 6) is -0.0578. The van der Waals surface area contributed by atoms with Gasteiger partial charge in [0.05, 0.1) is 6.42 Å². The lowest BCUT2D eigenvalue weighted by Crippen LogP contribution is -2.35. The van der Waals surface area contributed by atoms with Crippen molar-refractivity contribution in [2.75, 3.05) is 40.3 Å². The van der Waals surface area contributed by atoms with Crippen LogP contribution in [0.15, 0.2) is 16.3 Å². The van der Waals surface area contributed by atoms with Crippen molar-refractivity contribution < 1.29 is 13.2 Å². The summed E-state index contributed by atoms with van der Waals surface area (Å²) in [6, 6.07) is 3.38. The van der Waals surface area contributed by atoms with Crippen LogP contribution in [0, 0.1) is 0 Å². The van der Waals surface area contributed by atoms with E-state index in [-0.39, 0.29) is 12.3 Å². The average molecular weight is 374 g/mol. The maximum absolute atomic E-state index is 12.6. The number of nitrogens with zero attached hydrogens (tertiary/aromatic N) is 2. The summed E-state index contributed by atoms with van der Waals surface area (Å²) >= 11 is 1.21. The molecule has 0 spiro atoms. The van der Waals surface area contributed by atoms with Crippen LogP contribution in [0.1, 0.15) is 30.6 Å². The van der Waals surface area contributed by atoms with Crippen LogP contribution in [0.4, 0.5) is 0 Å². The fraction of sp³-hybridized carbons (Fsp3) is 0.688. The molecule has 136 valence electrons. The van der Waals surface area contributed by atoms with E-state index in [0.29, 0.717) is 23.8 Å². The molecule has 1 aromatic rings. The molecule has 0 aromatic carbocycles. The first-order chi connectivity index (χ1) is 11.4. The monoisotopic (exact) mass is 373 g/mol. The Morgan fingerprint density at radius 2 is 1.96 bits per heavy atom. The second kappa shape index (κ2) is 8.94. The molecule has 0 aliphatic carbocycles. The number of rotatable bonds is 8. The van der Waals surface area contributed by atoms with Gasteiger partial charge in [-0.2, -0.15) is 4.31 Å². The maximum Gasteiger partial charge on any atom is 0.252 e. The lowest BCUT2D eigenvalue weighted by atomic mass is 10.2. The van der Waals surface area contributed by atoms with Gasteiger partial charge in [0.25, 0.3) is 10.0 Å². The van der Waals surface area contributed by atoms with Gasteiger partial charge in [-0.15, -0.1) is 11.3 Å². The molecule has 0 bridgehead atoms. The summed E-state index contributed by atoms with van der Waals surface area (Å²) in [5, 5.41) is 2.88. The smallest absolute Gasteiger partial charge is 0.252 e. The van der Waals surface area contributed by atoms with Crippen molar-refractivity contribution in [3.05, 3.63) is 17.0 Å². The minimum Gasteiger partial charge on any atom is -0.356 e. The van der Waals surface area contributed by atoms with Crippen molar-refractivity contribution in [1.82, 2.24) is 14.5 Å². The third-order valence-corrected chi connectivity index (χ3v) is 7.44. The van der Waals surface area contributed by atoms with Crippen LogP contribution in [0.2, 0.25) is 0 Å². The van der Waals surface area contributed by atoms with Gasteiger partial charge in [0.2, 0.25) is 5.91 Å². The lowest BCUT2D eigenvalue weighted by Gasteiger charge is -2.25. The largest absolute Gasteiger partial charge is 0.356 e. The van der Waals surface area contributed by atoms with Gasteiger partial charge in [-0.25, -0.2) is 8.42 Å². The third-order valence-electron chi connectivity index (χ3n) is 3.99. The number of amides is 1. The predicted molar refractivity (Wildman–Crippen MR) is 96.8 cm³/mol. The Labute approximate surface area is 148 Å². The first-order valence-electron chi connectivity index (χ1n) is 8.40. The van der Waals surface area contributed by atoms with E-state index >= 15 is 0 Å². The lowest BCUT2D eigenvalue weighted by molar-refractivity contribution is -0.120. The van der Waals surface area contributed by atoms with E-state index in [1.807, 2.05) is 14.1 Å². The van der Waals surface area contributed by atoms with Gasteiger partial charge in [-0.3, -0.25) is 4.79 Å². The first kappa shape index (κ1) is 19.4. The van der Waals surface area contributed by atoms with E-state index in [9.17, 15) is 13.2 Å². The SMILES string of the molecule is CN(C)CCCNC(=O)Cc1ccc(S(=O)(=O)N2CCCCC2)s1. The highest BCUT2D eigenvalue weighted by molar-refractivity contribution is 7.91. The zero-order valence-electron chi connectivity index (χ0n) is 14.5. The molecular formula is C16H27N3O3S2. The molecular weight excluding hydrogens is 346 g/mol. The van der Waals surface area contributed by atoms with E-state index < -0.39 is 10.0 Å². The van der Waals surface area contributed by atoms with E-state index in [4.69, 9.17) is 0 Å². The average Bonchev–Trinajstić information content (AvgIpc) is 3.01. The summed E-state index contributed by atoms with van der Waals surface area (Å²) in [6.07, 6.45) is 4.08. The van der Waals surface area contributed by atoms with Gasteiger partial charge in [-0.05, 0) is 52.0 Å². The molecule has 1 amide bonds. The summed E-state index contributed by atoms with van der Waals surface area (Å²) < 4.78 is 27.1. The van der Waals surface area contributed by atoms with E-state index in [2.05, 4.69) is 10.2 Å². The molecule has 8 heteroatoms. The van der Waals surface area contributed by atoms with Crippen LogP contribution in [0.25, 0.3) is 0 Å². The van der Waals surface area contributed by atoms with Gasteiger partial charge >= 0.3 is 0 Å². The van der Waals surface area contributed by atoms with Crippen LogP contribution in [-0.4, -0.2) is 63.8 Å². The molecule has 1 saturated heterocycles. The summed E-state index contributed by atoms with van der Waals surface area (Å²) in [5.41, 5.74) is 0. The highest BCUT2D eigenvalue weighted by Gasteiger charge is 2.27. The molecule has 1 fully saturated rings. The minimum atomic E-state index is -3.39. The molecule has 24 heavy (non-hydrogen) atoms. The van der Waals surface area contributed by atoms with Crippen molar-refractivity contribution in [3.63, 3.8) is 0 Å². The number of carbonyl (C=O) groups excluding carboxylic acids is 1. The van der Waals surface area contributed by atoms with Crippen LogP contribution in [0.5, 0.6) is 0 Å². The number of thiophene rings is 1. The Morgan fingerprint density at radius 3 is 2.62 bits per heavy atom. The van der Waals surface area contributed by atoms with E-state index in [1.165, 1.54) is 11.3 Å².